The first kappa shape index (κ1) is 32.2. The molecule has 0 aliphatic carbocycles. The van der Waals surface area contributed by atoms with E-state index in [1.807, 2.05) is 45.0 Å². The zero-order valence-electron chi connectivity index (χ0n) is 26.4. The molecule has 0 spiro atoms. The number of hydrogen-bond donors (Lipinski definition) is 2. The molecule has 1 aromatic heterocycles. The topological polar surface area (TPSA) is 110 Å². The molecule has 3 aromatic rings. The Balaban J connectivity index is 0.00000207. The zero-order chi connectivity index (χ0) is 30.8. The fourth-order valence-corrected chi connectivity index (χ4v) is 5.09. The van der Waals surface area contributed by atoms with Gasteiger partial charge in [0.05, 0.1) is 39.1 Å². The Morgan fingerprint density at radius 2 is 1.70 bits per heavy atom. The van der Waals surface area contributed by atoms with Crippen LogP contribution in [-0.4, -0.2) is 93.8 Å². The minimum Gasteiger partial charge on any atom is -0.493 e. The standard InChI is InChI=1S/C30H40N6O5.C2H6/c1-20(2)22-6-5-7-23(18-22)31-30(37)34-28-24-19-25(41-17-10-35-8-13-39-14-9-35)27(38-4)21(3)26(24)32-29(33-28)36-11-15-40-16-12-36;1-2/h5-7,18-20H,8-17H2,1-4H3,(H2,31,32,33,34,37);1-2H3. The highest BCUT2D eigenvalue weighted by Gasteiger charge is 2.22. The number of hydrogen-bond acceptors (Lipinski definition) is 9. The van der Waals surface area contributed by atoms with Gasteiger partial charge in [-0.25, -0.2) is 9.78 Å². The second kappa shape index (κ2) is 15.7. The van der Waals surface area contributed by atoms with Crippen LogP contribution in [0.3, 0.4) is 0 Å². The molecule has 0 radical (unpaired) electrons. The highest BCUT2D eigenvalue weighted by Crippen LogP contribution is 2.39. The Hall–Kier alpha value is -3.67. The van der Waals surface area contributed by atoms with Gasteiger partial charge in [-0.3, -0.25) is 10.2 Å². The number of aryl methyl sites for hydroxylation is 1. The number of methoxy groups -OCH3 is 1. The van der Waals surface area contributed by atoms with E-state index < -0.39 is 0 Å². The van der Waals surface area contributed by atoms with E-state index >= 15 is 0 Å². The summed E-state index contributed by atoms with van der Waals surface area (Å²) in [5.41, 5.74) is 3.37. The number of nitrogens with one attached hydrogen (secondary N) is 2. The second-order valence-electron chi connectivity index (χ2n) is 10.6. The van der Waals surface area contributed by atoms with Gasteiger partial charge in [0.25, 0.3) is 0 Å². The van der Waals surface area contributed by atoms with Gasteiger partial charge >= 0.3 is 6.03 Å². The molecule has 0 unspecified atom stereocenters. The molecule has 2 N–H and O–H groups in total. The third kappa shape index (κ3) is 8.25. The van der Waals surface area contributed by atoms with Crippen LogP contribution in [0.25, 0.3) is 10.9 Å². The van der Waals surface area contributed by atoms with E-state index in [1.165, 1.54) is 0 Å². The normalized spacial score (nSPS) is 15.6. The number of nitrogens with zero attached hydrogens (tertiary/aromatic N) is 4. The summed E-state index contributed by atoms with van der Waals surface area (Å²) in [5, 5.41) is 6.61. The SMILES string of the molecule is CC.COc1c(OCCN2CCOCC2)cc2c(NC(=O)Nc3cccc(C(C)C)c3)nc(N3CCOCC3)nc2c1C. The minimum atomic E-state index is -0.387. The summed E-state index contributed by atoms with van der Waals surface area (Å²) in [7, 11) is 1.63. The third-order valence-electron chi connectivity index (χ3n) is 7.44. The number of anilines is 3. The maximum Gasteiger partial charge on any atom is 0.324 e. The molecule has 2 aliphatic heterocycles. The van der Waals surface area contributed by atoms with Crippen LogP contribution in [0, 0.1) is 6.92 Å². The van der Waals surface area contributed by atoms with Crippen molar-refractivity contribution in [1.29, 1.82) is 0 Å². The molecule has 11 heteroatoms. The molecule has 5 rings (SSSR count). The van der Waals surface area contributed by atoms with E-state index in [0.29, 0.717) is 78.7 Å². The van der Waals surface area contributed by atoms with Crippen molar-refractivity contribution in [2.75, 3.05) is 88.4 Å². The molecular weight excluding hydrogens is 548 g/mol. The van der Waals surface area contributed by atoms with Crippen molar-refractivity contribution >= 4 is 34.4 Å². The number of morpholine rings is 2. The predicted molar refractivity (Wildman–Crippen MR) is 171 cm³/mol. The number of carbonyl (C=O) groups is 1. The van der Waals surface area contributed by atoms with Gasteiger partial charge in [0.1, 0.15) is 12.4 Å². The first-order valence-corrected chi connectivity index (χ1v) is 15.3. The molecule has 3 heterocycles. The summed E-state index contributed by atoms with van der Waals surface area (Å²) < 4.78 is 23.0. The van der Waals surface area contributed by atoms with E-state index in [1.54, 1.807) is 7.11 Å². The van der Waals surface area contributed by atoms with Crippen LogP contribution in [0.2, 0.25) is 0 Å². The van der Waals surface area contributed by atoms with Gasteiger partial charge in [-0.15, -0.1) is 0 Å². The second-order valence-corrected chi connectivity index (χ2v) is 10.6. The van der Waals surface area contributed by atoms with Gasteiger partial charge in [0.15, 0.2) is 11.5 Å². The Bertz CT molecular complexity index is 1360. The van der Waals surface area contributed by atoms with E-state index in [2.05, 4.69) is 40.3 Å². The van der Waals surface area contributed by atoms with Crippen LogP contribution in [0.15, 0.2) is 30.3 Å². The van der Waals surface area contributed by atoms with Crippen molar-refractivity contribution in [3.05, 3.63) is 41.5 Å². The number of urea groups is 1. The van der Waals surface area contributed by atoms with E-state index in [0.717, 1.165) is 44.0 Å². The maximum absolute atomic E-state index is 13.2. The highest BCUT2D eigenvalue weighted by atomic mass is 16.5. The van der Waals surface area contributed by atoms with Crippen molar-refractivity contribution in [3.63, 3.8) is 0 Å². The lowest BCUT2D eigenvalue weighted by Crippen LogP contribution is -2.38. The fourth-order valence-electron chi connectivity index (χ4n) is 5.09. The van der Waals surface area contributed by atoms with Crippen LogP contribution in [0.5, 0.6) is 11.5 Å². The van der Waals surface area contributed by atoms with E-state index in [-0.39, 0.29) is 6.03 Å². The monoisotopic (exact) mass is 594 g/mol. The lowest BCUT2D eigenvalue weighted by Gasteiger charge is -2.28. The fraction of sp³-hybridized carbons (Fsp3) is 0.531. The summed E-state index contributed by atoms with van der Waals surface area (Å²) in [5.74, 6) is 2.48. The number of amides is 2. The van der Waals surface area contributed by atoms with Crippen molar-refractivity contribution in [3.8, 4) is 11.5 Å². The van der Waals surface area contributed by atoms with Gasteiger partial charge in [0, 0.05) is 49.4 Å². The molecule has 2 aliphatic rings. The average Bonchev–Trinajstić information content (AvgIpc) is 3.03. The van der Waals surface area contributed by atoms with E-state index in [4.69, 9.17) is 28.9 Å². The van der Waals surface area contributed by atoms with Crippen LogP contribution in [0.1, 0.15) is 44.7 Å². The predicted octanol–water partition coefficient (Wildman–Crippen LogP) is 5.29. The summed E-state index contributed by atoms with van der Waals surface area (Å²) in [6.45, 7) is 17.2. The summed E-state index contributed by atoms with van der Waals surface area (Å²) >= 11 is 0. The summed E-state index contributed by atoms with van der Waals surface area (Å²) in [4.78, 5) is 27.4. The zero-order valence-corrected chi connectivity index (χ0v) is 26.4. The molecule has 43 heavy (non-hydrogen) atoms. The molecule has 0 saturated carbocycles. The smallest absolute Gasteiger partial charge is 0.324 e. The largest absolute Gasteiger partial charge is 0.493 e. The van der Waals surface area contributed by atoms with Gasteiger partial charge < -0.3 is 29.2 Å². The van der Waals surface area contributed by atoms with Crippen molar-refractivity contribution in [2.24, 2.45) is 0 Å². The molecule has 2 amide bonds. The van der Waals surface area contributed by atoms with Crippen molar-refractivity contribution < 1.29 is 23.7 Å². The van der Waals surface area contributed by atoms with Crippen LogP contribution < -0.4 is 25.0 Å². The number of rotatable bonds is 9. The molecule has 2 saturated heterocycles. The average molecular weight is 595 g/mol. The van der Waals surface area contributed by atoms with Crippen LogP contribution in [-0.2, 0) is 9.47 Å². The Kier molecular flexibility index (Phi) is 11.8. The number of aromatic nitrogens is 2. The summed E-state index contributed by atoms with van der Waals surface area (Å²) in [6, 6.07) is 9.32. The van der Waals surface area contributed by atoms with E-state index in [9.17, 15) is 4.79 Å². The molecule has 2 aromatic carbocycles. The first-order valence-electron chi connectivity index (χ1n) is 15.3. The molecule has 2 fully saturated rings. The van der Waals surface area contributed by atoms with Crippen LogP contribution in [0.4, 0.5) is 22.2 Å². The minimum absolute atomic E-state index is 0.348. The number of benzene rings is 2. The summed E-state index contributed by atoms with van der Waals surface area (Å²) in [6.07, 6.45) is 0. The van der Waals surface area contributed by atoms with Crippen molar-refractivity contribution in [2.45, 2.75) is 40.5 Å². The number of ether oxygens (including phenoxy) is 4. The lowest BCUT2D eigenvalue weighted by molar-refractivity contribution is 0.0321. The molecule has 11 nitrogen and oxygen atoms in total. The Morgan fingerprint density at radius 3 is 2.37 bits per heavy atom. The lowest BCUT2D eigenvalue weighted by atomic mass is 10.0. The molecule has 0 atom stereocenters. The quantitative estimate of drug-likeness (QED) is 0.342. The molecule has 234 valence electrons. The third-order valence-corrected chi connectivity index (χ3v) is 7.44. The van der Waals surface area contributed by atoms with Gasteiger partial charge in [0.2, 0.25) is 5.95 Å². The number of fused-ring (bicyclic) bond motifs is 1. The Labute approximate surface area is 254 Å². The van der Waals surface area contributed by atoms with Gasteiger partial charge in [-0.05, 0) is 36.6 Å². The highest BCUT2D eigenvalue weighted by molar-refractivity contribution is 6.05. The van der Waals surface area contributed by atoms with Gasteiger partial charge in [-0.2, -0.15) is 4.98 Å². The molecular formula is C32H46N6O5. The number of carbonyl (C=O) groups excluding carboxylic acids is 1. The Morgan fingerprint density at radius 1 is 1.00 bits per heavy atom. The first-order chi connectivity index (χ1) is 20.9. The molecule has 0 bridgehead atoms. The van der Waals surface area contributed by atoms with Crippen molar-refractivity contribution in [1.82, 2.24) is 14.9 Å². The maximum atomic E-state index is 13.2. The van der Waals surface area contributed by atoms with Gasteiger partial charge in [-0.1, -0.05) is 39.8 Å². The van der Waals surface area contributed by atoms with Crippen LogP contribution >= 0.6 is 0 Å².